The van der Waals surface area contributed by atoms with Crippen LogP contribution in [0.25, 0.3) is 10.9 Å². The van der Waals surface area contributed by atoms with Crippen LogP contribution in [-0.4, -0.2) is 31.2 Å². The first-order valence-electron chi connectivity index (χ1n) is 6.77. The standard InChI is InChI=1S/C15H19N3O/c1-19-12-9-13-14(17-10-12)3-2-4-15(13)18-11-5-7-16-8-6-11/h2-4,9-11,16,18H,5-8H2,1H3. The number of methoxy groups -OCH3 is 1. The van der Waals surface area contributed by atoms with E-state index in [4.69, 9.17) is 4.74 Å². The molecule has 2 N–H and O–H groups in total. The number of nitrogens with zero attached hydrogens (tertiary/aromatic N) is 1. The van der Waals surface area contributed by atoms with Crippen molar-refractivity contribution in [2.45, 2.75) is 18.9 Å². The number of nitrogens with one attached hydrogen (secondary N) is 2. The van der Waals surface area contributed by atoms with Gasteiger partial charge in [-0.15, -0.1) is 0 Å². The summed E-state index contributed by atoms with van der Waals surface area (Å²) in [5.74, 6) is 0.798. The third-order valence-electron chi connectivity index (χ3n) is 3.64. The van der Waals surface area contributed by atoms with Crippen molar-refractivity contribution in [2.75, 3.05) is 25.5 Å². The summed E-state index contributed by atoms with van der Waals surface area (Å²) >= 11 is 0. The van der Waals surface area contributed by atoms with Crippen LogP contribution in [0.1, 0.15) is 12.8 Å². The summed E-state index contributed by atoms with van der Waals surface area (Å²) in [7, 11) is 1.67. The molecule has 0 atom stereocenters. The van der Waals surface area contributed by atoms with Crippen molar-refractivity contribution in [1.82, 2.24) is 10.3 Å². The van der Waals surface area contributed by atoms with Crippen LogP contribution in [0.15, 0.2) is 30.5 Å². The minimum Gasteiger partial charge on any atom is -0.495 e. The Balaban J connectivity index is 1.92. The Morgan fingerprint density at radius 2 is 2.16 bits per heavy atom. The zero-order valence-corrected chi connectivity index (χ0v) is 11.1. The molecule has 0 bridgehead atoms. The number of hydrogen-bond donors (Lipinski definition) is 2. The van der Waals surface area contributed by atoms with Crippen LogP contribution in [0.3, 0.4) is 0 Å². The molecule has 0 unspecified atom stereocenters. The van der Waals surface area contributed by atoms with E-state index in [9.17, 15) is 0 Å². The molecule has 100 valence electrons. The van der Waals surface area contributed by atoms with Gasteiger partial charge in [0.1, 0.15) is 5.75 Å². The van der Waals surface area contributed by atoms with Gasteiger partial charge in [0.05, 0.1) is 18.8 Å². The first-order valence-corrected chi connectivity index (χ1v) is 6.77. The highest BCUT2D eigenvalue weighted by atomic mass is 16.5. The molecule has 0 radical (unpaired) electrons. The van der Waals surface area contributed by atoms with Gasteiger partial charge in [0.25, 0.3) is 0 Å². The lowest BCUT2D eigenvalue weighted by Gasteiger charge is -2.25. The monoisotopic (exact) mass is 257 g/mol. The van der Waals surface area contributed by atoms with Crippen molar-refractivity contribution in [3.05, 3.63) is 30.5 Å². The van der Waals surface area contributed by atoms with Gasteiger partial charge in [0.15, 0.2) is 0 Å². The minimum atomic E-state index is 0.540. The molecular weight excluding hydrogens is 238 g/mol. The minimum absolute atomic E-state index is 0.540. The van der Waals surface area contributed by atoms with Gasteiger partial charge in [0, 0.05) is 17.1 Å². The number of pyridine rings is 1. The van der Waals surface area contributed by atoms with E-state index in [1.54, 1.807) is 13.3 Å². The first-order chi connectivity index (χ1) is 9.36. The molecule has 0 saturated carbocycles. The highest BCUT2D eigenvalue weighted by molar-refractivity contribution is 5.92. The smallest absolute Gasteiger partial charge is 0.137 e. The first kappa shape index (κ1) is 12.2. The lowest BCUT2D eigenvalue weighted by molar-refractivity contribution is 0.414. The molecule has 3 rings (SSSR count). The van der Waals surface area contributed by atoms with Crippen LogP contribution < -0.4 is 15.4 Å². The molecule has 4 heteroatoms. The SMILES string of the molecule is COc1cnc2cccc(NC3CCNCC3)c2c1. The Hall–Kier alpha value is -1.81. The second-order valence-corrected chi connectivity index (χ2v) is 4.92. The van der Waals surface area contributed by atoms with E-state index in [1.807, 2.05) is 18.2 Å². The van der Waals surface area contributed by atoms with Crippen molar-refractivity contribution < 1.29 is 4.74 Å². The summed E-state index contributed by atoms with van der Waals surface area (Å²) in [5, 5.41) is 8.15. The van der Waals surface area contributed by atoms with E-state index < -0.39 is 0 Å². The molecule has 1 fully saturated rings. The predicted octanol–water partition coefficient (Wildman–Crippen LogP) is 2.41. The fraction of sp³-hybridized carbons (Fsp3) is 0.400. The maximum absolute atomic E-state index is 5.27. The normalized spacial score (nSPS) is 16.5. The van der Waals surface area contributed by atoms with Crippen LogP contribution in [0.4, 0.5) is 5.69 Å². The molecule has 2 heterocycles. The summed E-state index contributed by atoms with van der Waals surface area (Å²) in [6, 6.07) is 8.78. The molecule has 1 saturated heterocycles. The molecular formula is C15H19N3O. The summed E-state index contributed by atoms with van der Waals surface area (Å²) < 4.78 is 5.27. The number of rotatable bonds is 3. The van der Waals surface area contributed by atoms with E-state index in [0.717, 1.165) is 48.3 Å². The van der Waals surface area contributed by atoms with Crippen LogP contribution in [-0.2, 0) is 0 Å². The number of ether oxygens (including phenoxy) is 1. The fourth-order valence-corrected chi connectivity index (χ4v) is 2.55. The molecule has 2 aromatic rings. The zero-order chi connectivity index (χ0) is 13.1. The van der Waals surface area contributed by atoms with Crippen LogP contribution in [0.2, 0.25) is 0 Å². The van der Waals surface area contributed by atoms with Crippen molar-refractivity contribution in [2.24, 2.45) is 0 Å². The van der Waals surface area contributed by atoms with Crippen LogP contribution >= 0.6 is 0 Å². The Bertz CT molecular complexity index is 564. The Labute approximate surface area is 113 Å². The van der Waals surface area contributed by atoms with Gasteiger partial charge in [-0.2, -0.15) is 0 Å². The number of benzene rings is 1. The zero-order valence-electron chi connectivity index (χ0n) is 11.1. The number of anilines is 1. The van der Waals surface area contributed by atoms with Crippen LogP contribution in [0, 0.1) is 0 Å². The summed E-state index contributed by atoms with van der Waals surface area (Å²) in [6.07, 6.45) is 4.08. The summed E-state index contributed by atoms with van der Waals surface area (Å²) in [4.78, 5) is 4.43. The lowest BCUT2D eigenvalue weighted by atomic mass is 10.1. The van der Waals surface area contributed by atoms with E-state index in [0.29, 0.717) is 6.04 Å². The highest BCUT2D eigenvalue weighted by Crippen LogP contribution is 2.26. The number of fused-ring (bicyclic) bond motifs is 1. The molecule has 0 spiro atoms. The molecule has 0 aliphatic carbocycles. The van der Waals surface area contributed by atoms with Crippen LogP contribution in [0.5, 0.6) is 5.75 Å². The van der Waals surface area contributed by atoms with Crippen molar-refractivity contribution in [3.8, 4) is 5.75 Å². The van der Waals surface area contributed by atoms with E-state index in [1.165, 1.54) is 0 Å². The maximum atomic E-state index is 5.27. The Kier molecular flexibility index (Phi) is 3.51. The third-order valence-corrected chi connectivity index (χ3v) is 3.64. The molecule has 19 heavy (non-hydrogen) atoms. The molecule has 0 amide bonds. The Morgan fingerprint density at radius 1 is 1.32 bits per heavy atom. The summed E-state index contributed by atoms with van der Waals surface area (Å²) in [5.41, 5.74) is 2.15. The van der Waals surface area contributed by atoms with E-state index in [2.05, 4.69) is 21.7 Å². The van der Waals surface area contributed by atoms with Gasteiger partial charge in [-0.3, -0.25) is 4.98 Å². The molecule has 4 nitrogen and oxygen atoms in total. The third kappa shape index (κ3) is 2.63. The van der Waals surface area contributed by atoms with E-state index in [-0.39, 0.29) is 0 Å². The van der Waals surface area contributed by atoms with Gasteiger partial charge < -0.3 is 15.4 Å². The highest BCUT2D eigenvalue weighted by Gasteiger charge is 2.13. The summed E-state index contributed by atoms with van der Waals surface area (Å²) in [6.45, 7) is 2.17. The lowest BCUT2D eigenvalue weighted by Crippen LogP contribution is -2.35. The molecule has 1 aromatic carbocycles. The van der Waals surface area contributed by atoms with Crippen molar-refractivity contribution in [3.63, 3.8) is 0 Å². The average Bonchev–Trinajstić information content (AvgIpc) is 2.48. The number of piperidine rings is 1. The molecule has 1 aromatic heterocycles. The largest absolute Gasteiger partial charge is 0.495 e. The molecule has 1 aliphatic heterocycles. The average molecular weight is 257 g/mol. The second kappa shape index (κ2) is 5.45. The topological polar surface area (TPSA) is 46.2 Å². The number of hydrogen-bond acceptors (Lipinski definition) is 4. The van der Waals surface area contributed by atoms with Gasteiger partial charge in [-0.1, -0.05) is 6.07 Å². The van der Waals surface area contributed by atoms with E-state index >= 15 is 0 Å². The fourth-order valence-electron chi connectivity index (χ4n) is 2.55. The molecule has 1 aliphatic rings. The van der Waals surface area contributed by atoms with Gasteiger partial charge in [-0.05, 0) is 44.1 Å². The van der Waals surface area contributed by atoms with Gasteiger partial charge in [0.2, 0.25) is 0 Å². The maximum Gasteiger partial charge on any atom is 0.137 e. The quantitative estimate of drug-likeness (QED) is 0.886. The Morgan fingerprint density at radius 3 is 2.95 bits per heavy atom. The van der Waals surface area contributed by atoms with Gasteiger partial charge >= 0.3 is 0 Å². The number of aromatic nitrogens is 1. The second-order valence-electron chi connectivity index (χ2n) is 4.92. The van der Waals surface area contributed by atoms with Crippen molar-refractivity contribution in [1.29, 1.82) is 0 Å². The van der Waals surface area contributed by atoms with Crippen molar-refractivity contribution >= 4 is 16.6 Å². The van der Waals surface area contributed by atoms with Gasteiger partial charge in [-0.25, -0.2) is 0 Å². The predicted molar refractivity (Wildman–Crippen MR) is 77.8 cm³/mol.